The van der Waals surface area contributed by atoms with Crippen LogP contribution in [0.4, 0.5) is 0 Å². The highest BCUT2D eigenvalue weighted by Crippen LogP contribution is 2.30. The maximum Gasteiger partial charge on any atom is 0.252 e. The van der Waals surface area contributed by atoms with Crippen LogP contribution < -0.4 is 5.32 Å². The summed E-state index contributed by atoms with van der Waals surface area (Å²) in [5.41, 5.74) is 2.88. The molecule has 0 bridgehead atoms. The zero-order chi connectivity index (χ0) is 21.5. The molecule has 0 radical (unpaired) electrons. The molecule has 0 saturated carbocycles. The second-order valence-electron chi connectivity index (χ2n) is 8.14. The van der Waals surface area contributed by atoms with Gasteiger partial charge < -0.3 is 10.2 Å². The molecule has 4 nitrogen and oxygen atoms in total. The van der Waals surface area contributed by atoms with Crippen molar-refractivity contribution >= 4 is 28.6 Å². The van der Waals surface area contributed by atoms with Crippen LogP contribution in [0.5, 0.6) is 0 Å². The highest BCUT2D eigenvalue weighted by molar-refractivity contribution is 7.99. The Hall–Kier alpha value is -2.37. The molecular weight excluding hydrogens is 402 g/mol. The molecule has 2 aromatic carbocycles. The summed E-state index contributed by atoms with van der Waals surface area (Å²) in [6.07, 6.45) is 5.97. The van der Waals surface area contributed by atoms with Crippen molar-refractivity contribution in [1.29, 1.82) is 0 Å². The van der Waals surface area contributed by atoms with Crippen molar-refractivity contribution in [1.82, 2.24) is 15.2 Å². The number of carbonyl (C=O) groups excluding carboxylic acids is 1. The third-order valence-electron chi connectivity index (χ3n) is 5.88. The summed E-state index contributed by atoms with van der Waals surface area (Å²) >= 11 is 1.60. The molecule has 1 fully saturated rings. The predicted octanol–water partition coefficient (Wildman–Crippen LogP) is 5.55. The average molecular weight is 434 g/mol. The lowest BCUT2D eigenvalue weighted by atomic mass is 10.1. The van der Waals surface area contributed by atoms with Crippen molar-refractivity contribution in [3.05, 3.63) is 65.7 Å². The number of aromatic nitrogens is 1. The number of para-hydroxylation sites is 1. The summed E-state index contributed by atoms with van der Waals surface area (Å²) in [6.45, 7) is 6.31. The van der Waals surface area contributed by atoms with Crippen LogP contribution >= 0.6 is 11.8 Å². The fraction of sp³-hybridized carbons (Fsp3) is 0.385. The number of hydrogen-bond acceptors (Lipinski definition) is 4. The van der Waals surface area contributed by atoms with E-state index in [0.29, 0.717) is 12.1 Å². The summed E-state index contributed by atoms with van der Waals surface area (Å²) in [4.78, 5) is 21.5. The largest absolute Gasteiger partial charge is 0.352 e. The molecule has 1 aliphatic rings. The lowest BCUT2D eigenvalue weighted by Gasteiger charge is -2.26. The standard InChI is InChI=1S/C26H31N3OS/c1-2-20-11-13-21(14-12-20)31-25-19-23(22-9-4-5-10-24(22)28-25)26(30)27-15-8-18-29-16-6-3-7-17-29/h4-5,9-14,19H,2-3,6-8,15-18H2,1H3,(H,27,30). The normalized spacial score (nSPS) is 14.6. The Balaban J connectivity index is 1.45. The van der Waals surface area contributed by atoms with E-state index in [1.54, 1.807) is 11.8 Å². The van der Waals surface area contributed by atoms with Crippen molar-refractivity contribution < 1.29 is 4.79 Å². The van der Waals surface area contributed by atoms with Crippen molar-refractivity contribution in [2.75, 3.05) is 26.2 Å². The van der Waals surface area contributed by atoms with Gasteiger partial charge in [0.25, 0.3) is 5.91 Å². The number of nitrogens with one attached hydrogen (secondary N) is 1. The van der Waals surface area contributed by atoms with Gasteiger partial charge in [-0.25, -0.2) is 4.98 Å². The van der Waals surface area contributed by atoms with E-state index in [1.165, 1.54) is 37.9 Å². The molecule has 0 atom stereocenters. The fourth-order valence-electron chi connectivity index (χ4n) is 4.09. The Bertz CT molecular complexity index is 1010. The number of rotatable bonds is 8. The van der Waals surface area contributed by atoms with E-state index >= 15 is 0 Å². The van der Waals surface area contributed by atoms with Crippen molar-refractivity contribution in [2.45, 2.75) is 48.9 Å². The Morgan fingerprint density at radius 3 is 2.61 bits per heavy atom. The lowest BCUT2D eigenvalue weighted by molar-refractivity contribution is 0.0952. The second kappa shape index (κ2) is 10.8. The summed E-state index contributed by atoms with van der Waals surface area (Å²) in [5, 5.41) is 4.89. The number of piperidine rings is 1. The van der Waals surface area contributed by atoms with Gasteiger partial charge in [-0.05, 0) is 75.1 Å². The van der Waals surface area contributed by atoms with Crippen molar-refractivity contribution in [2.24, 2.45) is 0 Å². The minimum absolute atomic E-state index is 0.0135. The highest BCUT2D eigenvalue weighted by atomic mass is 32.2. The van der Waals surface area contributed by atoms with Crippen LogP contribution in [0.15, 0.2) is 64.5 Å². The van der Waals surface area contributed by atoms with Gasteiger partial charge in [0.15, 0.2) is 0 Å². The molecule has 0 spiro atoms. The average Bonchev–Trinajstić information content (AvgIpc) is 2.82. The zero-order valence-electron chi connectivity index (χ0n) is 18.3. The van der Waals surface area contributed by atoms with Gasteiger partial charge in [-0.1, -0.05) is 55.4 Å². The Labute approximate surface area is 189 Å². The molecule has 1 saturated heterocycles. The van der Waals surface area contributed by atoms with Crippen LogP contribution in [0.2, 0.25) is 0 Å². The topological polar surface area (TPSA) is 45.2 Å². The maximum atomic E-state index is 13.0. The van der Waals surface area contributed by atoms with E-state index < -0.39 is 0 Å². The third kappa shape index (κ3) is 5.86. The number of amides is 1. The second-order valence-corrected chi connectivity index (χ2v) is 9.23. The molecule has 4 rings (SSSR count). The first-order valence-electron chi connectivity index (χ1n) is 11.4. The number of aryl methyl sites for hydroxylation is 1. The minimum Gasteiger partial charge on any atom is -0.352 e. The molecule has 1 aliphatic heterocycles. The number of likely N-dealkylation sites (tertiary alicyclic amines) is 1. The zero-order valence-corrected chi connectivity index (χ0v) is 19.1. The van der Waals surface area contributed by atoms with Crippen LogP contribution in [0.25, 0.3) is 10.9 Å². The Morgan fingerprint density at radius 2 is 1.84 bits per heavy atom. The van der Waals surface area contributed by atoms with Crippen molar-refractivity contribution in [3.8, 4) is 0 Å². The summed E-state index contributed by atoms with van der Waals surface area (Å²) in [5.74, 6) is -0.0135. The van der Waals surface area contributed by atoms with Gasteiger partial charge in [0.2, 0.25) is 0 Å². The van der Waals surface area contributed by atoms with Gasteiger partial charge in [0.1, 0.15) is 5.03 Å². The van der Waals surface area contributed by atoms with Crippen LogP contribution in [0.1, 0.15) is 48.5 Å². The van der Waals surface area contributed by atoms with Crippen LogP contribution in [-0.4, -0.2) is 42.0 Å². The molecule has 1 N–H and O–H groups in total. The van der Waals surface area contributed by atoms with E-state index in [-0.39, 0.29) is 5.91 Å². The lowest BCUT2D eigenvalue weighted by Crippen LogP contribution is -2.33. The SMILES string of the molecule is CCc1ccc(Sc2cc(C(=O)NCCCN3CCCCC3)c3ccccc3n2)cc1. The number of hydrogen-bond donors (Lipinski definition) is 1. The predicted molar refractivity (Wildman–Crippen MR) is 129 cm³/mol. The molecular formula is C26H31N3OS. The van der Waals surface area contributed by atoms with E-state index in [0.717, 1.165) is 40.2 Å². The monoisotopic (exact) mass is 433 g/mol. The quantitative estimate of drug-likeness (QED) is 0.473. The van der Waals surface area contributed by atoms with Gasteiger partial charge in [0, 0.05) is 16.8 Å². The third-order valence-corrected chi connectivity index (χ3v) is 6.80. The summed E-state index contributed by atoms with van der Waals surface area (Å²) in [6, 6.07) is 18.4. The molecule has 5 heteroatoms. The Kier molecular flexibility index (Phi) is 7.60. The van der Waals surface area contributed by atoms with Gasteiger partial charge in [-0.3, -0.25) is 4.79 Å². The number of benzene rings is 2. The van der Waals surface area contributed by atoms with Gasteiger partial charge >= 0.3 is 0 Å². The van der Waals surface area contributed by atoms with Crippen LogP contribution in [0, 0.1) is 0 Å². The van der Waals surface area contributed by atoms with Gasteiger partial charge in [-0.2, -0.15) is 0 Å². The van der Waals surface area contributed by atoms with Gasteiger partial charge in [-0.15, -0.1) is 0 Å². The van der Waals surface area contributed by atoms with E-state index in [1.807, 2.05) is 30.3 Å². The molecule has 1 aromatic heterocycles. The summed E-state index contributed by atoms with van der Waals surface area (Å²) in [7, 11) is 0. The van der Waals surface area contributed by atoms with E-state index in [2.05, 4.69) is 41.4 Å². The number of fused-ring (bicyclic) bond motifs is 1. The summed E-state index contributed by atoms with van der Waals surface area (Å²) < 4.78 is 0. The maximum absolute atomic E-state index is 13.0. The highest BCUT2D eigenvalue weighted by Gasteiger charge is 2.14. The van der Waals surface area contributed by atoms with Crippen LogP contribution in [-0.2, 0) is 6.42 Å². The number of nitrogens with zero attached hydrogens (tertiary/aromatic N) is 2. The molecule has 31 heavy (non-hydrogen) atoms. The van der Waals surface area contributed by atoms with Crippen molar-refractivity contribution in [3.63, 3.8) is 0 Å². The molecule has 0 unspecified atom stereocenters. The Morgan fingerprint density at radius 1 is 1.06 bits per heavy atom. The number of pyridine rings is 1. The number of carbonyl (C=O) groups is 1. The van der Waals surface area contributed by atoms with E-state index in [4.69, 9.17) is 4.98 Å². The minimum atomic E-state index is -0.0135. The molecule has 2 heterocycles. The van der Waals surface area contributed by atoms with Gasteiger partial charge in [0.05, 0.1) is 11.1 Å². The smallest absolute Gasteiger partial charge is 0.252 e. The molecule has 1 amide bonds. The first kappa shape index (κ1) is 21.8. The molecule has 3 aromatic rings. The molecule has 0 aliphatic carbocycles. The first-order chi connectivity index (χ1) is 15.2. The van der Waals surface area contributed by atoms with E-state index in [9.17, 15) is 4.79 Å². The van der Waals surface area contributed by atoms with Crippen LogP contribution in [0.3, 0.4) is 0 Å². The fourth-order valence-corrected chi connectivity index (χ4v) is 4.92. The molecule has 162 valence electrons. The first-order valence-corrected chi connectivity index (χ1v) is 12.2.